The molecule has 0 aliphatic carbocycles. The first-order valence-corrected chi connectivity index (χ1v) is 8.93. The molecule has 0 aromatic carbocycles. The number of guanidine groups is 1. The summed E-state index contributed by atoms with van der Waals surface area (Å²) >= 11 is 3.50. The fourth-order valence-corrected chi connectivity index (χ4v) is 3.87. The van der Waals surface area contributed by atoms with Gasteiger partial charge in [0.1, 0.15) is 0 Å². The smallest absolute Gasteiger partial charge is 0.191 e. The molecule has 23 heavy (non-hydrogen) atoms. The van der Waals surface area contributed by atoms with E-state index in [-0.39, 0.29) is 24.0 Å². The molecular weight excluding hydrogens is 441 g/mol. The van der Waals surface area contributed by atoms with Crippen LogP contribution in [-0.4, -0.2) is 29.5 Å². The van der Waals surface area contributed by atoms with Crippen molar-refractivity contribution < 1.29 is 0 Å². The van der Waals surface area contributed by atoms with Gasteiger partial charge in [0, 0.05) is 29.8 Å². The highest BCUT2D eigenvalue weighted by molar-refractivity contribution is 14.0. The summed E-state index contributed by atoms with van der Waals surface area (Å²) in [6.07, 6.45) is 0.915. The summed E-state index contributed by atoms with van der Waals surface area (Å²) in [7, 11) is 1.79. The van der Waals surface area contributed by atoms with E-state index < -0.39 is 0 Å². The van der Waals surface area contributed by atoms with Gasteiger partial charge in [0.2, 0.25) is 0 Å². The van der Waals surface area contributed by atoms with Crippen LogP contribution >= 0.6 is 46.7 Å². The fraction of sp³-hybridized carbons (Fsp3) is 0.533. The zero-order valence-corrected chi connectivity index (χ0v) is 18.2. The standard InChI is InChI=1S/C15H23N5S2.HI/c1-9-11(3)21-14(20-9)6-7-17-15(16-5)18-8-13-10(2)19-12(4)22-13;/h6-8H2,1-5H3,(H2,16,17,18);1H. The normalized spacial score (nSPS) is 11.3. The summed E-state index contributed by atoms with van der Waals surface area (Å²) < 4.78 is 0. The maximum atomic E-state index is 4.55. The monoisotopic (exact) mass is 465 g/mol. The zero-order chi connectivity index (χ0) is 16.1. The maximum Gasteiger partial charge on any atom is 0.191 e. The van der Waals surface area contributed by atoms with Crippen molar-refractivity contribution in [1.29, 1.82) is 0 Å². The molecule has 0 atom stereocenters. The molecule has 2 N–H and O–H groups in total. The van der Waals surface area contributed by atoms with Crippen molar-refractivity contribution in [3.8, 4) is 0 Å². The third-order valence-electron chi connectivity index (χ3n) is 3.34. The van der Waals surface area contributed by atoms with Crippen LogP contribution in [0.25, 0.3) is 0 Å². The molecule has 2 rings (SSSR count). The second-order valence-electron chi connectivity index (χ2n) is 5.09. The average Bonchev–Trinajstić information content (AvgIpc) is 2.96. The number of hydrogen-bond acceptors (Lipinski definition) is 5. The van der Waals surface area contributed by atoms with Gasteiger partial charge in [-0.15, -0.1) is 46.7 Å². The minimum atomic E-state index is 0. The number of aliphatic imine (C=N–C) groups is 1. The second-order valence-corrected chi connectivity index (χ2v) is 7.67. The minimum absolute atomic E-state index is 0. The van der Waals surface area contributed by atoms with Crippen molar-refractivity contribution in [3.05, 3.63) is 31.2 Å². The van der Waals surface area contributed by atoms with Crippen LogP contribution in [-0.2, 0) is 13.0 Å². The van der Waals surface area contributed by atoms with Crippen LogP contribution in [0.15, 0.2) is 4.99 Å². The molecule has 0 unspecified atom stereocenters. The quantitative estimate of drug-likeness (QED) is 0.404. The van der Waals surface area contributed by atoms with Crippen molar-refractivity contribution in [2.24, 2.45) is 4.99 Å². The van der Waals surface area contributed by atoms with Crippen molar-refractivity contribution in [2.75, 3.05) is 13.6 Å². The molecule has 0 saturated heterocycles. The highest BCUT2D eigenvalue weighted by atomic mass is 127. The lowest BCUT2D eigenvalue weighted by Gasteiger charge is -2.10. The molecule has 0 aliphatic heterocycles. The van der Waals surface area contributed by atoms with Crippen LogP contribution in [0.5, 0.6) is 0 Å². The number of nitrogens with zero attached hydrogens (tertiary/aromatic N) is 3. The molecule has 128 valence electrons. The van der Waals surface area contributed by atoms with Gasteiger partial charge in [0.05, 0.1) is 27.9 Å². The number of aryl methyl sites for hydroxylation is 4. The number of thiazole rings is 2. The van der Waals surface area contributed by atoms with Gasteiger partial charge in [-0.25, -0.2) is 9.97 Å². The molecule has 2 heterocycles. The first kappa shape index (κ1) is 20.3. The van der Waals surface area contributed by atoms with Gasteiger partial charge in [-0.05, 0) is 27.7 Å². The van der Waals surface area contributed by atoms with Gasteiger partial charge in [0.25, 0.3) is 0 Å². The van der Waals surface area contributed by atoms with Crippen LogP contribution in [0.1, 0.15) is 31.2 Å². The lowest BCUT2D eigenvalue weighted by molar-refractivity contribution is 0.792. The van der Waals surface area contributed by atoms with E-state index >= 15 is 0 Å². The molecule has 0 aliphatic rings. The number of hydrogen-bond donors (Lipinski definition) is 2. The van der Waals surface area contributed by atoms with Gasteiger partial charge in [-0.2, -0.15) is 0 Å². The van der Waals surface area contributed by atoms with Crippen LogP contribution in [0.4, 0.5) is 0 Å². The molecular formula is C15H24IN5S2. The molecule has 0 radical (unpaired) electrons. The van der Waals surface area contributed by atoms with E-state index in [1.807, 2.05) is 13.8 Å². The van der Waals surface area contributed by atoms with Gasteiger partial charge < -0.3 is 10.6 Å². The van der Waals surface area contributed by atoms with E-state index in [2.05, 4.69) is 39.4 Å². The Balaban J connectivity index is 0.00000264. The zero-order valence-electron chi connectivity index (χ0n) is 14.2. The summed E-state index contributed by atoms with van der Waals surface area (Å²) in [4.78, 5) is 15.8. The Morgan fingerprint density at radius 2 is 1.78 bits per heavy atom. The largest absolute Gasteiger partial charge is 0.356 e. The van der Waals surface area contributed by atoms with Gasteiger partial charge in [-0.1, -0.05) is 0 Å². The topological polar surface area (TPSA) is 62.2 Å². The van der Waals surface area contributed by atoms with Crippen LogP contribution in [0, 0.1) is 27.7 Å². The second kappa shape index (κ2) is 9.53. The number of aromatic nitrogens is 2. The first-order chi connectivity index (χ1) is 10.5. The van der Waals surface area contributed by atoms with Crippen LogP contribution in [0.2, 0.25) is 0 Å². The molecule has 0 saturated carbocycles. The highest BCUT2D eigenvalue weighted by Gasteiger charge is 2.07. The highest BCUT2D eigenvalue weighted by Crippen LogP contribution is 2.17. The molecule has 0 amide bonds. The molecule has 0 bridgehead atoms. The van der Waals surface area contributed by atoms with E-state index in [0.717, 1.165) is 41.9 Å². The van der Waals surface area contributed by atoms with E-state index in [1.54, 1.807) is 29.7 Å². The Morgan fingerprint density at radius 1 is 1.04 bits per heavy atom. The molecule has 2 aromatic rings. The Kier molecular flexibility index (Phi) is 8.41. The van der Waals surface area contributed by atoms with Gasteiger partial charge in [0.15, 0.2) is 5.96 Å². The van der Waals surface area contributed by atoms with Crippen molar-refractivity contribution >= 4 is 52.6 Å². The van der Waals surface area contributed by atoms with Crippen molar-refractivity contribution in [2.45, 2.75) is 40.7 Å². The summed E-state index contributed by atoms with van der Waals surface area (Å²) in [5.74, 6) is 0.815. The average molecular weight is 465 g/mol. The SMILES string of the molecule is CN=C(NCCc1nc(C)c(C)s1)NCc1sc(C)nc1C.I. The Morgan fingerprint density at radius 3 is 2.30 bits per heavy atom. The molecule has 0 spiro atoms. The van der Waals surface area contributed by atoms with Crippen LogP contribution < -0.4 is 10.6 Å². The predicted octanol–water partition coefficient (Wildman–Crippen LogP) is 3.36. The number of halogens is 1. The lowest BCUT2D eigenvalue weighted by Crippen LogP contribution is -2.37. The van der Waals surface area contributed by atoms with E-state index in [9.17, 15) is 0 Å². The molecule has 8 heteroatoms. The van der Waals surface area contributed by atoms with E-state index in [0.29, 0.717) is 0 Å². The lowest BCUT2D eigenvalue weighted by atomic mass is 10.4. The summed E-state index contributed by atoms with van der Waals surface area (Å²) in [6.45, 7) is 9.84. The van der Waals surface area contributed by atoms with Gasteiger partial charge in [-0.3, -0.25) is 4.99 Å². The number of rotatable bonds is 5. The van der Waals surface area contributed by atoms with Gasteiger partial charge >= 0.3 is 0 Å². The fourth-order valence-electron chi connectivity index (χ4n) is 2.06. The Hall–Kier alpha value is -0.740. The third kappa shape index (κ3) is 6.00. The minimum Gasteiger partial charge on any atom is -0.356 e. The molecule has 5 nitrogen and oxygen atoms in total. The first-order valence-electron chi connectivity index (χ1n) is 7.30. The summed E-state index contributed by atoms with van der Waals surface area (Å²) in [5, 5.41) is 8.94. The predicted molar refractivity (Wildman–Crippen MR) is 110 cm³/mol. The Labute approximate surface area is 163 Å². The van der Waals surface area contributed by atoms with Crippen LogP contribution in [0.3, 0.4) is 0 Å². The molecule has 0 fully saturated rings. The third-order valence-corrected chi connectivity index (χ3v) is 5.55. The molecule has 2 aromatic heterocycles. The maximum absolute atomic E-state index is 4.55. The summed E-state index contributed by atoms with van der Waals surface area (Å²) in [5.41, 5.74) is 2.23. The summed E-state index contributed by atoms with van der Waals surface area (Å²) in [6, 6.07) is 0. The van der Waals surface area contributed by atoms with Crippen molar-refractivity contribution in [1.82, 2.24) is 20.6 Å². The Bertz CT molecular complexity index is 643. The van der Waals surface area contributed by atoms with Crippen molar-refractivity contribution in [3.63, 3.8) is 0 Å². The number of nitrogens with one attached hydrogen (secondary N) is 2. The van der Waals surface area contributed by atoms with E-state index in [4.69, 9.17) is 0 Å². The van der Waals surface area contributed by atoms with E-state index in [1.165, 1.54) is 14.8 Å².